The van der Waals surface area contributed by atoms with Crippen LogP contribution in [0.1, 0.15) is 18.4 Å². The Bertz CT molecular complexity index is 806. The molecule has 1 aliphatic carbocycles. The van der Waals surface area contributed by atoms with Crippen LogP contribution < -0.4 is 15.6 Å². The SMILES string of the molecule is COc1ccc(C=CC(=O)N2CC3CCC(N)C3C2)cc1S(N)(=O)=O. The van der Waals surface area contributed by atoms with E-state index in [0.29, 0.717) is 23.9 Å². The molecule has 136 valence electrons. The number of amides is 1. The normalized spacial score (nSPS) is 26.2. The van der Waals surface area contributed by atoms with Crippen molar-refractivity contribution in [2.24, 2.45) is 22.7 Å². The van der Waals surface area contributed by atoms with E-state index in [1.165, 1.54) is 25.3 Å². The first-order valence-electron chi connectivity index (χ1n) is 8.23. The van der Waals surface area contributed by atoms with Crippen molar-refractivity contribution in [3.63, 3.8) is 0 Å². The van der Waals surface area contributed by atoms with Crippen molar-refractivity contribution in [1.29, 1.82) is 0 Å². The Morgan fingerprint density at radius 1 is 1.32 bits per heavy atom. The van der Waals surface area contributed by atoms with E-state index in [1.807, 2.05) is 4.90 Å². The Labute approximate surface area is 147 Å². The van der Waals surface area contributed by atoms with Crippen LogP contribution in [0.25, 0.3) is 6.08 Å². The first-order valence-corrected chi connectivity index (χ1v) is 9.77. The molecule has 7 nitrogen and oxygen atoms in total. The fourth-order valence-electron chi connectivity index (χ4n) is 3.78. The second kappa shape index (κ2) is 6.78. The maximum absolute atomic E-state index is 12.4. The maximum Gasteiger partial charge on any atom is 0.246 e. The van der Waals surface area contributed by atoms with Crippen molar-refractivity contribution in [1.82, 2.24) is 4.90 Å². The number of hydrogen-bond donors (Lipinski definition) is 2. The highest BCUT2D eigenvalue weighted by Crippen LogP contribution is 2.37. The number of nitrogens with zero attached hydrogens (tertiary/aromatic N) is 1. The Morgan fingerprint density at radius 2 is 2.08 bits per heavy atom. The van der Waals surface area contributed by atoms with Gasteiger partial charge in [-0.1, -0.05) is 6.07 Å². The van der Waals surface area contributed by atoms with Gasteiger partial charge in [0.1, 0.15) is 10.6 Å². The number of rotatable bonds is 4. The van der Waals surface area contributed by atoms with E-state index in [-0.39, 0.29) is 22.6 Å². The van der Waals surface area contributed by atoms with E-state index in [1.54, 1.807) is 12.1 Å². The van der Waals surface area contributed by atoms with E-state index < -0.39 is 10.0 Å². The van der Waals surface area contributed by atoms with Gasteiger partial charge in [0, 0.05) is 25.2 Å². The number of nitrogens with two attached hydrogens (primary N) is 2. The van der Waals surface area contributed by atoms with E-state index in [9.17, 15) is 13.2 Å². The standard InChI is InChI=1S/C17H23N3O4S/c1-24-15-6-2-11(8-16(15)25(19,22)23)3-7-17(21)20-9-12-4-5-14(18)13(12)10-20/h2-3,6-8,12-14H,4-5,9-10,18H2,1H3,(H2,19,22,23). The molecule has 1 heterocycles. The lowest BCUT2D eigenvalue weighted by molar-refractivity contribution is -0.125. The van der Waals surface area contributed by atoms with E-state index in [2.05, 4.69) is 0 Å². The monoisotopic (exact) mass is 365 g/mol. The lowest BCUT2D eigenvalue weighted by atomic mass is 9.98. The summed E-state index contributed by atoms with van der Waals surface area (Å²) in [5.41, 5.74) is 6.66. The average molecular weight is 365 g/mol. The van der Waals surface area contributed by atoms with Crippen molar-refractivity contribution in [2.45, 2.75) is 23.8 Å². The van der Waals surface area contributed by atoms with Crippen LogP contribution in [0.2, 0.25) is 0 Å². The molecule has 3 unspecified atom stereocenters. The summed E-state index contributed by atoms with van der Waals surface area (Å²) in [6.07, 6.45) is 5.16. The first kappa shape index (κ1) is 17.9. The number of ether oxygens (including phenoxy) is 1. The molecule has 1 saturated heterocycles. The number of hydrogen-bond acceptors (Lipinski definition) is 5. The second-order valence-electron chi connectivity index (χ2n) is 6.70. The zero-order valence-electron chi connectivity index (χ0n) is 14.1. The minimum atomic E-state index is -3.91. The largest absolute Gasteiger partial charge is 0.495 e. The van der Waals surface area contributed by atoms with Gasteiger partial charge in [-0.2, -0.15) is 0 Å². The summed E-state index contributed by atoms with van der Waals surface area (Å²) < 4.78 is 28.3. The van der Waals surface area contributed by atoms with Crippen LogP contribution in [-0.4, -0.2) is 45.5 Å². The Kier molecular flexibility index (Phi) is 4.86. The van der Waals surface area contributed by atoms with Crippen LogP contribution in [0.15, 0.2) is 29.2 Å². The Hall–Kier alpha value is -1.90. The highest BCUT2D eigenvalue weighted by Gasteiger charge is 2.41. The Morgan fingerprint density at radius 3 is 2.72 bits per heavy atom. The summed E-state index contributed by atoms with van der Waals surface area (Å²) >= 11 is 0. The predicted octanol–water partition coefficient (Wildman–Crippen LogP) is 0.552. The van der Waals surface area contributed by atoms with E-state index in [0.717, 1.165) is 19.4 Å². The third kappa shape index (κ3) is 3.70. The van der Waals surface area contributed by atoms with E-state index >= 15 is 0 Å². The first-order chi connectivity index (χ1) is 11.8. The number of sulfonamides is 1. The van der Waals surface area contributed by atoms with Gasteiger partial charge in [-0.05, 0) is 48.4 Å². The highest BCUT2D eigenvalue weighted by molar-refractivity contribution is 7.89. The fourth-order valence-corrected chi connectivity index (χ4v) is 4.51. The number of primary sulfonamides is 1. The molecule has 4 N–H and O–H groups in total. The van der Waals surface area contributed by atoms with Crippen LogP contribution in [-0.2, 0) is 14.8 Å². The molecule has 0 bridgehead atoms. The van der Waals surface area contributed by atoms with Crippen LogP contribution in [0.5, 0.6) is 5.75 Å². The second-order valence-corrected chi connectivity index (χ2v) is 8.23. The third-order valence-electron chi connectivity index (χ3n) is 5.14. The summed E-state index contributed by atoms with van der Waals surface area (Å²) in [7, 11) is -2.53. The van der Waals surface area contributed by atoms with Gasteiger partial charge < -0.3 is 15.4 Å². The van der Waals surface area contributed by atoms with Crippen LogP contribution >= 0.6 is 0 Å². The van der Waals surface area contributed by atoms with Gasteiger partial charge in [-0.25, -0.2) is 13.6 Å². The number of fused-ring (bicyclic) bond motifs is 1. The van der Waals surface area contributed by atoms with Crippen molar-refractivity contribution < 1.29 is 17.9 Å². The molecule has 1 amide bonds. The molecule has 1 aromatic rings. The zero-order chi connectivity index (χ0) is 18.2. The third-order valence-corrected chi connectivity index (χ3v) is 6.07. The summed E-state index contributed by atoms with van der Waals surface area (Å²) in [6, 6.07) is 4.77. The van der Waals surface area contributed by atoms with Gasteiger partial charge in [0.2, 0.25) is 15.9 Å². The van der Waals surface area contributed by atoms with Crippen molar-refractivity contribution in [2.75, 3.05) is 20.2 Å². The molecule has 1 saturated carbocycles. The topological polar surface area (TPSA) is 116 Å². The van der Waals surface area contributed by atoms with Gasteiger partial charge in [-0.3, -0.25) is 4.79 Å². The number of benzene rings is 1. The molecule has 2 fully saturated rings. The molecule has 3 atom stereocenters. The van der Waals surface area contributed by atoms with Gasteiger partial charge in [-0.15, -0.1) is 0 Å². The van der Waals surface area contributed by atoms with Crippen molar-refractivity contribution >= 4 is 22.0 Å². The minimum Gasteiger partial charge on any atom is -0.495 e. The predicted molar refractivity (Wildman–Crippen MR) is 94.2 cm³/mol. The molecule has 0 radical (unpaired) electrons. The zero-order valence-corrected chi connectivity index (χ0v) is 14.9. The molecule has 25 heavy (non-hydrogen) atoms. The van der Waals surface area contributed by atoms with E-state index in [4.69, 9.17) is 15.6 Å². The molecule has 1 aliphatic heterocycles. The number of likely N-dealkylation sites (tertiary alicyclic amines) is 1. The van der Waals surface area contributed by atoms with Gasteiger partial charge in [0.05, 0.1) is 7.11 Å². The molecular formula is C17H23N3O4S. The smallest absolute Gasteiger partial charge is 0.246 e. The van der Waals surface area contributed by atoms with Gasteiger partial charge in [0.25, 0.3) is 0 Å². The molecule has 2 aliphatic rings. The van der Waals surface area contributed by atoms with Crippen LogP contribution in [0.4, 0.5) is 0 Å². The fraction of sp³-hybridized carbons (Fsp3) is 0.471. The average Bonchev–Trinajstić information content (AvgIpc) is 3.14. The van der Waals surface area contributed by atoms with Crippen LogP contribution in [0, 0.1) is 11.8 Å². The van der Waals surface area contributed by atoms with Gasteiger partial charge in [0.15, 0.2) is 0 Å². The summed E-state index contributed by atoms with van der Waals surface area (Å²) in [5.74, 6) is 0.983. The lowest BCUT2D eigenvalue weighted by Crippen LogP contribution is -2.32. The molecule has 3 rings (SSSR count). The maximum atomic E-state index is 12.4. The molecule has 0 spiro atoms. The van der Waals surface area contributed by atoms with Crippen LogP contribution in [0.3, 0.4) is 0 Å². The van der Waals surface area contributed by atoms with Crippen molar-refractivity contribution in [3.05, 3.63) is 29.8 Å². The lowest BCUT2D eigenvalue weighted by Gasteiger charge is -2.17. The molecule has 8 heteroatoms. The molecule has 1 aromatic carbocycles. The molecular weight excluding hydrogens is 342 g/mol. The summed E-state index contributed by atoms with van der Waals surface area (Å²) in [5, 5.41) is 5.20. The number of carbonyl (C=O) groups excluding carboxylic acids is 1. The summed E-state index contributed by atoms with van der Waals surface area (Å²) in [6.45, 7) is 1.44. The summed E-state index contributed by atoms with van der Waals surface area (Å²) in [4.78, 5) is 14.1. The van der Waals surface area contributed by atoms with Gasteiger partial charge >= 0.3 is 0 Å². The number of carbonyl (C=O) groups is 1. The number of methoxy groups -OCH3 is 1. The molecule has 0 aromatic heterocycles. The van der Waals surface area contributed by atoms with Crippen molar-refractivity contribution in [3.8, 4) is 5.75 Å². The highest BCUT2D eigenvalue weighted by atomic mass is 32.2. The minimum absolute atomic E-state index is 0.0884. The quantitative estimate of drug-likeness (QED) is 0.756. The Balaban J connectivity index is 1.73.